The van der Waals surface area contributed by atoms with E-state index >= 15 is 0 Å². The van der Waals surface area contributed by atoms with E-state index in [2.05, 4.69) is 26.1 Å². The number of hydrogen-bond acceptors (Lipinski definition) is 5. The van der Waals surface area contributed by atoms with Crippen LogP contribution in [0.2, 0.25) is 0 Å². The zero-order chi connectivity index (χ0) is 16.8. The first kappa shape index (κ1) is 16.4. The molecule has 0 atom stereocenters. The first-order chi connectivity index (χ1) is 10.9. The highest BCUT2D eigenvalue weighted by molar-refractivity contribution is 5.91. The van der Waals surface area contributed by atoms with Crippen LogP contribution in [0.1, 0.15) is 20.8 Å². The average Bonchev–Trinajstić information content (AvgIpc) is 2.49. The van der Waals surface area contributed by atoms with Crippen LogP contribution in [-0.2, 0) is 9.59 Å². The highest BCUT2D eigenvalue weighted by Gasteiger charge is 2.08. The molecule has 3 N–H and O–H groups in total. The topological polar surface area (TPSA) is 96.0 Å². The Hall–Kier alpha value is -2.96. The van der Waals surface area contributed by atoms with Crippen molar-refractivity contribution in [2.45, 2.75) is 20.8 Å². The van der Waals surface area contributed by atoms with Crippen LogP contribution in [0.4, 0.5) is 23.0 Å². The van der Waals surface area contributed by atoms with Crippen LogP contribution in [0.15, 0.2) is 36.4 Å². The molecule has 120 valence electrons. The number of nitrogens with zero attached hydrogens (tertiary/aromatic N) is 2. The molecule has 7 nitrogen and oxygen atoms in total. The smallest absolute Gasteiger partial charge is 0.228 e. The third-order valence-electron chi connectivity index (χ3n) is 2.90. The summed E-state index contributed by atoms with van der Waals surface area (Å²) in [6.07, 6.45) is 0. The molecule has 0 spiro atoms. The van der Waals surface area contributed by atoms with E-state index in [0.29, 0.717) is 17.3 Å². The lowest BCUT2D eigenvalue weighted by atomic mass is 10.2. The highest BCUT2D eigenvalue weighted by Crippen LogP contribution is 2.19. The molecule has 0 aliphatic rings. The van der Waals surface area contributed by atoms with Gasteiger partial charge in [-0.3, -0.25) is 9.59 Å². The molecule has 2 amide bonds. The lowest BCUT2D eigenvalue weighted by Gasteiger charge is -2.09. The van der Waals surface area contributed by atoms with Crippen molar-refractivity contribution in [2.75, 3.05) is 16.0 Å². The lowest BCUT2D eigenvalue weighted by Crippen LogP contribution is -2.18. The molecule has 0 unspecified atom stereocenters. The van der Waals surface area contributed by atoms with Crippen LogP contribution < -0.4 is 16.0 Å². The summed E-state index contributed by atoms with van der Waals surface area (Å²) >= 11 is 0. The number of benzene rings is 1. The third kappa shape index (κ3) is 5.06. The number of anilines is 4. The standard InChI is InChI=1S/C16H19N5O2/c1-10(2)16(23)19-15-8-7-14(20-21-15)18-13-6-4-5-12(9-13)17-11(3)22/h4-10H,1-3H3,(H,17,22)(H,18,20)(H,19,21,23). The molecule has 0 aliphatic heterocycles. The van der Waals surface area contributed by atoms with Gasteiger partial charge in [0.05, 0.1) is 0 Å². The molecule has 0 bridgehead atoms. The fourth-order valence-electron chi connectivity index (χ4n) is 1.76. The predicted octanol–water partition coefficient (Wildman–Crippen LogP) is 2.77. The Labute approximate surface area is 134 Å². The van der Waals surface area contributed by atoms with Gasteiger partial charge in [0, 0.05) is 24.2 Å². The number of nitrogens with one attached hydrogen (secondary N) is 3. The molecule has 1 aromatic heterocycles. The quantitative estimate of drug-likeness (QED) is 0.789. The zero-order valence-corrected chi connectivity index (χ0v) is 13.3. The summed E-state index contributed by atoms with van der Waals surface area (Å²) in [4.78, 5) is 22.7. The van der Waals surface area contributed by atoms with Gasteiger partial charge >= 0.3 is 0 Å². The third-order valence-corrected chi connectivity index (χ3v) is 2.90. The SMILES string of the molecule is CC(=O)Nc1cccc(Nc2ccc(NC(=O)C(C)C)nn2)c1. The first-order valence-electron chi connectivity index (χ1n) is 7.23. The maximum atomic E-state index is 11.6. The number of carbonyl (C=O) groups excluding carboxylic acids is 2. The largest absolute Gasteiger partial charge is 0.339 e. The summed E-state index contributed by atoms with van der Waals surface area (Å²) in [7, 11) is 0. The van der Waals surface area contributed by atoms with Crippen LogP contribution >= 0.6 is 0 Å². The summed E-state index contributed by atoms with van der Waals surface area (Å²) < 4.78 is 0. The Morgan fingerprint density at radius 1 is 0.957 bits per heavy atom. The average molecular weight is 313 g/mol. The molecule has 1 aromatic carbocycles. The van der Waals surface area contributed by atoms with Crippen LogP contribution in [0, 0.1) is 5.92 Å². The number of aromatic nitrogens is 2. The van der Waals surface area contributed by atoms with E-state index in [9.17, 15) is 9.59 Å². The molecule has 0 radical (unpaired) electrons. The predicted molar refractivity (Wildman–Crippen MR) is 89.5 cm³/mol. The highest BCUT2D eigenvalue weighted by atomic mass is 16.2. The van der Waals surface area contributed by atoms with Crippen molar-refractivity contribution in [3.8, 4) is 0 Å². The number of rotatable bonds is 5. The summed E-state index contributed by atoms with van der Waals surface area (Å²) in [6, 6.07) is 10.6. The number of amides is 2. The minimum atomic E-state index is -0.132. The van der Waals surface area contributed by atoms with Gasteiger partial charge in [-0.2, -0.15) is 0 Å². The van der Waals surface area contributed by atoms with E-state index in [4.69, 9.17) is 0 Å². The first-order valence-corrected chi connectivity index (χ1v) is 7.23. The second-order valence-electron chi connectivity index (χ2n) is 5.33. The second-order valence-corrected chi connectivity index (χ2v) is 5.33. The van der Waals surface area contributed by atoms with Gasteiger partial charge in [0.15, 0.2) is 11.6 Å². The Kier molecular flexibility index (Phi) is 5.24. The Balaban J connectivity index is 2.03. The van der Waals surface area contributed by atoms with Crippen molar-refractivity contribution in [3.05, 3.63) is 36.4 Å². The van der Waals surface area contributed by atoms with Crippen molar-refractivity contribution in [1.29, 1.82) is 0 Å². The van der Waals surface area contributed by atoms with Gasteiger partial charge in [0.1, 0.15) is 0 Å². The minimum absolute atomic E-state index is 0.108. The molecule has 23 heavy (non-hydrogen) atoms. The van der Waals surface area contributed by atoms with E-state index in [-0.39, 0.29) is 17.7 Å². The van der Waals surface area contributed by atoms with E-state index < -0.39 is 0 Å². The molecule has 0 saturated carbocycles. The van der Waals surface area contributed by atoms with Gasteiger partial charge in [-0.1, -0.05) is 19.9 Å². The number of carbonyl (C=O) groups is 2. The number of hydrogen-bond donors (Lipinski definition) is 3. The van der Waals surface area contributed by atoms with E-state index in [1.165, 1.54) is 6.92 Å². The van der Waals surface area contributed by atoms with Crippen molar-refractivity contribution in [3.63, 3.8) is 0 Å². The van der Waals surface area contributed by atoms with Gasteiger partial charge in [0.25, 0.3) is 0 Å². The van der Waals surface area contributed by atoms with Crippen LogP contribution in [-0.4, -0.2) is 22.0 Å². The van der Waals surface area contributed by atoms with Crippen LogP contribution in [0.25, 0.3) is 0 Å². The van der Waals surface area contributed by atoms with Crippen molar-refractivity contribution in [2.24, 2.45) is 5.92 Å². The van der Waals surface area contributed by atoms with E-state index in [1.807, 2.05) is 12.1 Å². The minimum Gasteiger partial charge on any atom is -0.339 e. The van der Waals surface area contributed by atoms with Crippen molar-refractivity contribution in [1.82, 2.24) is 10.2 Å². The molecular weight excluding hydrogens is 294 g/mol. The molecule has 7 heteroatoms. The van der Waals surface area contributed by atoms with Crippen molar-refractivity contribution >= 4 is 34.8 Å². The molecule has 0 fully saturated rings. The summed E-state index contributed by atoms with van der Waals surface area (Å²) in [5.74, 6) is 0.579. The maximum absolute atomic E-state index is 11.6. The summed E-state index contributed by atoms with van der Waals surface area (Å²) in [6.45, 7) is 5.07. The Morgan fingerprint density at radius 2 is 1.61 bits per heavy atom. The Morgan fingerprint density at radius 3 is 2.22 bits per heavy atom. The molecular formula is C16H19N5O2. The van der Waals surface area contributed by atoms with Gasteiger partial charge in [0.2, 0.25) is 11.8 Å². The van der Waals surface area contributed by atoms with E-state index in [0.717, 1.165) is 5.69 Å². The fraction of sp³-hybridized carbons (Fsp3) is 0.250. The molecule has 0 saturated heterocycles. The van der Waals surface area contributed by atoms with Gasteiger partial charge < -0.3 is 16.0 Å². The van der Waals surface area contributed by atoms with Crippen LogP contribution in [0.3, 0.4) is 0 Å². The Bertz CT molecular complexity index is 698. The lowest BCUT2D eigenvalue weighted by molar-refractivity contribution is -0.119. The molecule has 0 aliphatic carbocycles. The van der Waals surface area contributed by atoms with Gasteiger partial charge in [-0.05, 0) is 30.3 Å². The second kappa shape index (κ2) is 7.35. The zero-order valence-electron chi connectivity index (χ0n) is 13.3. The molecule has 2 rings (SSSR count). The monoisotopic (exact) mass is 313 g/mol. The normalized spacial score (nSPS) is 10.3. The summed E-state index contributed by atoms with van der Waals surface area (Å²) in [5, 5.41) is 16.4. The van der Waals surface area contributed by atoms with E-state index in [1.54, 1.807) is 38.1 Å². The van der Waals surface area contributed by atoms with Crippen molar-refractivity contribution < 1.29 is 9.59 Å². The van der Waals surface area contributed by atoms with Gasteiger partial charge in [-0.25, -0.2) is 0 Å². The fourth-order valence-corrected chi connectivity index (χ4v) is 1.76. The molecule has 1 heterocycles. The maximum Gasteiger partial charge on any atom is 0.228 e. The van der Waals surface area contributed by atoms with Crippen LogP contribution in [0.5, 0.6) is 0 Å². The molecule has 2 aromatic rings. The summed E-state index contributed by atoms with van der Waals surface area (Å²) in [5.41, 5.74) is 1.46. The van der Waals surface area contributed by atoms with Gasteiger partial charge in [-0.15, -0.1) is 10.2 Å².